The van der Waals surface area contributed by atoms with Gasteiger partial charge in [-0.1, -0.05) is 29.8 Å². The monoisotopic (exact) mass is 403 g/mol. The van der Waals surface area contributed by atoms with E-state index >= 15 is 0 Å². The first-order chi connectivity index (χ1) is 13.5. The van der Waals surface area contributed by atoms with E-state index in [1.165, 1.54) is 0 Å². The van der Waals surface area contributed by atoms with Crippen LogP contribution >= 0.6 is 22.9 Å². The third-order valence-electron chi connectivity index (χ3n) is 4.76. The molecule has 3 nitrogen and oxygen atoms in total. The molecule has 2 heterocycles. The summed E-state index contributed by atoms with van der Waals surface area (Å²) in [5.74, 6) is 0. The van der Waals surface area contributed by atoms with Crippen molar-refractivity contribution in [2.24, 2.45) is 0 Å². The van der Waals surface area contributed by atoms with E-state index < -0.39 is 0 Å². The van der Waals surface area contributed by atoms with Gasteiger partial charge in [0.05, 0.1) is 15.8 Å². The Morgan fingerprint density at radius 1 is 1.07 bits per heavy atom. The van der Waals surface area contributed by atoms with Gasteiger partial charge in [0.1, 0.15) is 11.1 Å². The van der Waals surface area contributed by atoms with Gasteiger partial charge in [-0.25, -0.2) is 4.98 Å². The summed E-state index contributed by atoms with van der Waals surface area (Å²) in [7, 11) is 0. The third kappa shape index (κ3) is 3.24. The molecule has 138 valence electrons. The summed E-state index contributed by atoms with van der Waals surface area (Å²) >= 11 is 7.87. The average Bonchev–Trinajstić information content (AvgIpc) is 3.08. The predicted octanol–water partition coefficient (Wildman–Crippen LogP) is 6.86. The molecule has 1 aliphatic rings. The fourth-order valence-corrected chi connectivity index (χ4v) is 4.54. The van der Waals surface area contributed by atoms with E-state index in [1.54, 1.807) is 11.3 Å². The summed E-state index contributed by atoms with van der Waals surface area (Å²) in [6.07, 6.45) is 4.07. The first kappa shape index (κ1) is 18.5. The smallest absolute Gasteiger partial charge is 0.135 e. The number of allylic oxidation sites excluding steroid dienone is 6. The predicted molar refractivity (Wildman–Crippen MR) is 118 cm³/mol. The minimum atomic E-state index is 0.599. The first-order valence-electron chi connectivity index (χ1n) is 8.91. The Labute approximate surface area is 173 Å². The van der Waals surface area contributed by atoms with Crippen molar-refractivity contribution in [3.8, 4) is 6.07 Å². The van der Waals surface area contributed by atoms with Crippen LogP contribution in [0.15, 0.2) is 71.6 Å². The number of rotatable bonds is 2. The van der Waals surface area contributed by atoms with Gasteiger partial charge in [-0.3, -0.25) is 0 Å². The number of hydrogen-bond acceptors (Lipinski definition) is 4. The second kappa shape index (κ2) is 7.27. The number of benzene rings is 2. The number of para-hydroxylation sites is 1. The minimum Gasteiger partial charge on any atom is -0.318 e. The first-order valence-corrected chi connectivity index (χ1v) is 10.1. The van der Waals surface area contributed by atoms with E-state index in [0.29, 0.717) is 5.57 Å². The van der Waals surface area contributed by atoms with Crippen LogP contribution in [0.4, 0.5) is 5.69 Å². The van der Waals surface area contributed by atoms with Gasteiger partial charge in [-0.15, -0.1) is 11.3 Å². The molecule has 0 N–H and O–H groups in total. The van der Waals surface area contributed by atoms with E-state index in [2.05, 4.69) is 22.0 Å². The Morgan fingerprint density at radius 3 is 2.43 bits per heavy atom. The molecule has 0 spiro atoms. The number of nitrogens with zero attached hydrogens (tertiary/aromatic N) is 3. The number of nitriles is 1. The Kier molecular flexibility index (Phi) is 4.80. The average molecular weight is 404 g/mol. The summed E-state index contributed by atoms with van der Waals surface area (Å²) in [5, 5.41) is 11.3. The van der Waals surface area contributed by atoms with Crippen LogP contribution in [0, 0.1) is 18.3 Å². The van der Waals surface area contributed by atoms with Crippen LogP contribution in [-0.2, 0) is 0 Å². The molecule has 0 saturated carbocycles. The standard InChI is InChI=1S/C23H18ClN3S/c1-14-8-9-18(12-20(14)24)27-15(2)10-17(11-16(27)3)19(13-25)23-26-21-6-4-5-7-22(21)28-23/h4-12H,1-3H3. The summed E-state index contributed by atoms with van der Waals surface area (Å²) in [5.41, 5.74) is 6.52. The molecule has 5 heteroatoms. The zero-order chi connectivity index (χ0) is 19.8. The zero-order valence-electron chi connectivity index (χ0n) is 15.8. The lowest BCUT2D eigenvalue weighted by atomic mass is 10.0. The van der Waals surface area contributed by atoms with Crippen LogP contribution in [-0.4, -0.2) is 4.98 Å². The molecule has 28 heavy (non-hydrogen) atoms. The summed E-state index contributed by atoms with van der Waals surface area (Å²) < 4.78 is 1.08. The highest BCUT2D eigenvalue weighted by Crippen LogP contribution is 2.35. The number of hydrogen-bond donors (Lipinski definition) is 0. The van der Waals surface area contributed by atoms with Crippen molar-refractivity contribution in [3.63, 3.8) is 0 Å². The zero-order valence-corrected chi connectivity index (χ0v) is 17.4. The largest absolute Gasteiger partial charge is 0.318 e. The number of halogens is 1. The molecule has 1 aromatic heterocycles. The highest BCUT2D eigenvalue weighted by Gasteiger charge is 2.20. The van der Waals surface area contributed by atoms with Crippen molar-refractivity contribution in [1.82, 2.24) is 4.98 Å². The van der Waals surface area contributed by atoms with E-state index in [0.717, 1.165) is 48.5 Å². The molecule has 3 aromatic rings. The molecule has 0 radical (unpaired) electrons. The number of thiazole rings is 1. The number of fused-ring (bicyclic) bond motifs is 1. The van der Waals surface area contributed by atoms with E-state index in [4.69, 9.17) is 11.6 Å². The van der Waals surface area contributed by atoms with Crippen molar-refractivity contribution < 1.29 is 0 Å². The van der Waals surface area contributed by atoms with Crippen LogP contribution in [0.5, 0.6) is 0 Å². The fourth-order valence-electron chi connectivity index (χ4n) is 3.39. The van der Waals surface area contributed by atoms with E-state index in [1.807, 2.05) is 69.3 Å². The molecule has 0 aliphatic carbocycles. The normalized spacial score (nSPS) is 14.0. The second-order valence-electron chi connectivity index (χ2n) is 6.77. The van der Waals surface area contributed by atoms with Gasteiger partial charge in [-0.2, -0.15) is 5.26 Å². The molecular weight excluding hydrogens is 386 g/mol. The lowest BCUT2D eigenvalue weighted by Crippen LogP contribution is -2.21. The van der Waals surface area contributed by atoms with Crippen molar-refractivity contribution >= 4 is 44.4 Å². The van der Waals surface area contributed by atoms with Crippen LogP contribution < -0.4 is 4.90 Å². The van der Waals surface area contributed by atoms with Crippen LogP contribution in [0.2, 0.25) is 5.02 Å². The SMILES string of the molecule is CC1=CC(=C(C#N)c2nc3ccccc3s2)C=C(C)N1c1ccc(C)c(Cl)c1. The van der Waals surface area contributed by atoms with Gasteiger partial charge in [0.2, 0.25) is 0 Å². The molecule has 4 rings (SSSR count). The number of aromatic nitrogens is 1. The molecule has 2 aromatic carbocycles. The minimum absolute atomic E-state index is 0.599. The van der Waals surface area contributed by atoms with Gasteiger partial charge >= 0.3 is 0 Å². The van der Waals surface area contributed by atoms with Crippen LogP contribution in [0.25, 0.3) is 15.8 Å². The molecule has 1 aliphatic heterocycles. The Morgan fingerprint density at radius 2 is 1.79 bits per heavy atom. The third-order valence-corrected chi connectivity index (χ3v) is 6.22. The lowest BCUT2D eigenvalue weighted by molar-refractivity contribution is 1.04. The molecule has 0 saturated heterocycles. The molecular formula is C23H18ClN3S. The fraction of sp³-hybridized carbons (Fsp3) is 0.130. The van der Waals surface area contributed by atoms with Gasteiger partial charge in [-0.05, 0) is 68.3 Å². The summed E-state index contributed by atoms with van der Waals surface area (Å²) in [6, 6.07) is 16.4. The Hall–Kier alpha value is -2.87. The summed E-state index contributed by atoms with van der Waals surface area (Å²) in [4.78, 5) is 6.80. The van der Waals surface area contributed by atoms with Gasteiger partial charge in [0.15, 0.2) is 0 Å². The molecule has 0 atom stereocenters. The maximum atomic E-state index is 9.85. The molecule has 0 fully saturated rings. The Balaban J connectivity index is 1.79. The summed E-state index contributed by atoms with van der Waals surface area (Å²) in [6.45, 7) is 6.07. The van der Waals surface area contributed by atoms with E-state index in [-0.39, 0.29) is 0 Å². The Bertz CT molecular complexity index is 1170. The highest BCUT2D eigenvalue weighted by molar-refractivity contribution is 7.19. The van der Waals surface area contributed by atoms with Crippen molar-refractivity contribution in [2.75, 3.05) is 4.90 Å². The maximum absolute atomic E-state index is 9.85. The lowest BCUT2D eigenvalue weighted by Gasteiger charge is -2.30. The van der Waals surface area contributed by atoms with Gasteiger partial charge < -0.3 is 4.90 Å². The molecule has 0 unspecified atom stereocenters. The van der Waals surface area contributed by atoms with Crippen molar-refractivity contribution in [3.05, 3.63) is 87.2 Å². The van der Waals surface area contributed by atoms with Gasteiger partial charge in [0.25, 0.3) is 0 Å². The van der Waals surface area contributed by atoms with Crippen LogP contribution in [0.3, 0.4) is 0 Å². The maximum Gasteiger partial charge on any atom is 0.135 e. The topological polar surface area (TPSA) is 39.9 Å². The van der Waals surface area contributed by atoms with Gasteiger partial charge in [0, 0.05) is 22.1 Å². The second-order valence-corrected chi connectivity index (χ2v) is 8.21. The quantitative estimate of drug-likeness (QED) is 0.438. The highest BCUT2D eigenvalue weighted by atomic mass is 35.5. The van der Waals surface area contributed by atoms with Crippen molar-refractivity contribution in [2.45, 2.75) is 20.8 Å². The molecule has 0 amide bonds. The van der Waals surface area contributed by atoms with E-state index in [9.17, 15) is 5.26 Å². The van der Waals surface area contributed by atoms with Crippen LogP contribution in [0.1, 0.15) is 24.4 Å². The number of anilines is 1. The molecule has 0 bridgehead atoms. The number of aryl methyl sites for hydroxylation is 1. The van der Waals surface area contributed by atoms with Crippen molar-refractivity contribution in [1.29, 1.82) is 5.26 Å².